The van der Waals surface area contributed by atoms with E-state index in [-0.39, 0.29) is 7.43 Å². The Labute approximate surface area is 376 Å². The highest BCUT2D eigenvalue weighted by molar-refractivity contribution is 5.96. The van der Waals surface area contributed by atoms with Gasteiger partial charge < -0.3 is 0 Å². The molecule has 8 aromatic carbocycles. The number of hydrogen-bond acceptors (Lipinski definition) is 0. The van der Waals surface area contributed by atoms with E-state index in [4.69, 9.17) is 0 Å². The third-order valence-corrected chi connectivity index (χ3v) is 9.80. The molecule has 0 atom stereocenters. The van der Waals surface area contributed by atoms with Gasteiger partial charge in [0.15, 0.2) is 0 Å². The van der Waals surface area contributed by atoms with Crippen molar-refractivity contribution in [2.45, 2.75) is 89.5 Å². The average molecular weight is 817 g/mol. The lowest BCUT2D eigenvalue weighted by Gasteiger charge is -2.10. The molecule has 320 valence electrons. The van der Waals surface area contributed by atoms with Crippen molar-refractivity contribution in [2.24, 2.45) is 5.92 Å². The largest absolute Gasteiger partial charge is 0.0955 e. The Morgan fingerprint density at radius 3 is 0.984 bits per heavy atom. The summed E-state index contributed by atoms with van der Waals surface area (Å²) in [6, 6.07) is 57.7. The van der Waals surface area contributed by atoms with Gasteiger partial charge in [0.2, 0.25) is 0 Å². The van der Waals surface area contributed by atoms with E-state index in [0.717, 1.165) is 5.57 Å². The standard InChI is InChI=1S/C40H26.C13H20.2C3H8.C2H6.CH4/c1-3-7-29-21-31(11-9-27(29)5-1)33-13-15-37-25-39(19-17-35(37)23-33)40-20-18-36-24-34(14-16-38(36)26-40)32-12-10-28-6-2-4-8-30(28)22-32;1-6-7-8-13(12(4)5)10-9-11(2)3;2*1-3-2;1-2;/h1-26H;6-11H,4H2,1-3,5H3;2*3H2,1-2H3;1-2H3;1H4/b;7-6-,10-9-,13-8-;;;;. The van der Waals surface area contributed by atoms with Crippen LogP contribution < -0.4 is 0 Å². The third-order valence-electron chi connectivity index (χ3n) is 9.80. The van der Waals surface area contributed by atoms with Crippen molar-refractivity contribution in [3.63, 3.8) is 0 Å². The lowest BCUT2D eigenvalue weighted by molar-refractivity contribution is 0.831. The second-order valence-electron chi connectivity index (χ2n) is 15.6. The van der Waals surface area contributed by atoms with Crippen LogP contribution in [0.25, 0.3) is 76.5 Å². The molecule has 0 N–H and O–H groups in total. The van der Waals surface area contributed by atoms with Crippen molar-refractivity contribution in [1.29, 1.82) is 0 Å². The first-order valence-electron chi connectivity index (χ1n) is 22.4. The van der Waals surface area contributed by atoms with Crippen molar-refractivity contribution in [3.05, 3.63) is 206 Å². The molecule has 0 bridgehead atoms. The van der Waals surface area contributed by atoms with E-state index >= 15 is 0 Å². The van der Waals surface area contributed by atoms with Gasteiger partial charge in [-0.1, -0.05) is 240 Å². The van der Waals surface area contributed by atoms with Gasteiger partial charge in [-0.25, -0.2) is 0 Å². The monoisotopic (exact) mass is 817 g/mol. The lowest BCUT2D eigenvalue weighted by atomic mass is 9.94. The minimum atomic E-state index is 0. The van der Waals surface area contributed by atoms with Crippen molar-refractivity contribution in [3.8, 4) is 33.4 Å². The summed E-state index contributed by atoms with van der Waals surface area (Å²) in [5.74, 6) is 0.591. The molecule has 0 aliphatic heterocycles. The number of allylic oxidation sites excluding steroid dienone is 7. The second-order valence-corrected chi connectivity index (χ2v) is 15.6. The maximum absolute atomic E-state index is 3.93. The quantitative estimate of drug-likeness (QED) is 0.141. The molecule has 0 unspecified atom stereocenters. The molecular weight excluding hydrogens is 745 g/mol. The van der Waals surface area contributed by atoms with Crippen LogP contribution in [-0.2, 0) is 0 Å². The Kier molecular flexibility index (Phi) is 21.2. The Morgan fingerprint density at radius 2 is 0.726 bits per heavy atom. The zero-order valence-corrected chi connectivity index (χ0v) is 38.6. The molecule has 0 heteroatoms. The van der Waals surface area contributed by atoms with Gasteiger partial charge in [-0.3, -0.25) is 0 Å². The van der Waals surface area contributed by atoms with Gasteiger partial charge in [0.05, 0.1) is 0 Å². The molecule has 0 saturated carbocycles. The van der Waals surface area contributed by atoms with Crippen LogP contribution in [0.1, 0.15) is 89.5 Å². The number of fused-ring (bicyclic) bond motifs is 4. The predicted molar refractivity (Wildman–Crippen MR) is 284 cm³/mol. The summed E-state index contributed by atoms with van der Waals surface area (Å²) in [6.45, 7) is 24.8. The van der Waals surface area contributed by atoms with Crippen LogP contribution in [0.4, 0.5) is 0 Å². The van der Waals surface area contributed by atoms with Crippen LogP contribution in [0.2, 0.25) is 0 Å². The van der Waals surface area contributed by atoms with E-state index in [2.05, 4.69) is 224 Å². The number of benzene rings is 8. The summed E-state index contributed by atoms with van der Waals surface area (Å²) in [6.07, 6.45) is 13.0. The van der Waals surface area contributed by atoms with Crippen molar-refractivity contribution in [2.75, 3.05) is 0 Å². The maximum Gasteiger partial charge on any atom is -0.0177 e. The minimum absolute atomic E-state index is 0. The molecule has 8 aromatic rings. The van der Waals surface area contributed by atoms with E-state index in [1.165, 1.54) is 94.9 Å². The fourth-order valence-corrected chi connectivity index (χ4v) is 6.78. The first kappa shape index (κ1) is 50.1. The van der Waals surface area contributed by atoms with Crippen LogP contribution in [-0.4, -0.2) is 0 Å². The van der Waals surface area contributed by atoms with E-state index in [1.54, 1.807) is 0 Å². The summed E-state index contributed by atoms with van der Waals surface area (Å²) < 4.78 is 0. The molecule has 0 heterocycles. The molecule has 0 radical (unpaired) electrons. The smallest absolute Gasteiger partial charge is 0.0177 e. The maximum atomic E-state index is 3.93. The minimum Gasteiger partial charge on any atom is -0.0955 e. The van der Waals surface area contributed by atoms with Crippen LogP contribution in [0, 0.1) is 5.92 Å². The molecule has 0 aliphatic carbocycles. The highest BCUT2D eigenvalue weighted by Gasteiger charge is 2.07. The normalized spacial score (nSPS) is 10.9. The first-order chi connectivity index (χ1) is 29.7. The van der Waals surface area contributed by atoms with E-state index < -0.39 is 0 Å². The molecule has 8 rings (SSSR count). The molecule has 62 heavy (non-hydrogen) atoms. The molecule has 0 spiro atoms. The molecule has 0 aromatic heterocycles. The molecule has 0 nitrogen and oxygen atoms in total. The average Bonchev–Trinajstić information content (AvgIpc) is 3.29. The van der Waals surface area contributed by atoms with E-state index in [0.29, 0.717) is 5.92 Å². The zero-order chi connectivity index (χ0) is 44.1. The Balaban J connectivity index is 0.000000395. The highest BCUT2D eigenvalue weighted by Crippen LogP contribution is 2.33. The highest BCUT2D eigenvalue weighted by atomic mass is 14.1. The van der Waals surface area contributed by atoms with Gasteiger partial charge in [-0.15, -0.1) is 0 Å². The van der Waals surface area contributed by atoms with Crippen molar-refractivity contribution < 1.29 is 0 Å². The van der Waals surface area contributed by atoms with Gasteiger partial charge in [-0.2, -0.15) is 0 Å². The van der Waals surface area contributed by atoms with Gasteiger partial charge in [-0.05, 0) is 138 Å². The van der Waals surface area contributed by atoms with Crippen LogP contribution >= 0.6 is 0 Å². The van der Waals surface area contributed by atoms with Crippen LogP contribution in [0.5, 0.6) is 0 Å². The van der Waals surface area contributed by atoms with Crippen molar-refractivity contribution >= 4 is 43.1 Å². The Hall–Kier alpha value is -6.24. The summed E-state index contributed by atoms with van der Waals surface area (Å²) >= 11 is 0. The summed E-state index contributed by atoms with van der Waals surface area (Å²) in [5.41, 5.74) is 9.79. The molecule has 0 saturated heterocycles. The summed E-state index contributed by atoms with van der Waals surface area (Å²) in [4.78, 5) is 0. The van der Waals surface area contributed by atoms with Crippen LogP contribution in [0.15, 0.2) is 206 Å². The first-order valence-corrected chi connectivity index (χ1v) is 22.4. The number of rotatable bonds is 7. The lowest BCUT2D eigenvalue weighted by Crippen LogP contribution is -1.84. The van der Waals surface area contributed by atoms with E-state index in [9.17, 15) is 0 Å². The van der Waals surface area contributed by atoms with E-state index in [1.807, 2.05) is 39.8 Å². The fourth-order valence-electron chi connectivity index (χ4n) is 6.78. The Morgan fingerprint density at radius 1 is 0.468 bits per heavy atom. The summed E-state index contributed by atoms with van der Waals surface area (Å²) in [7, 11) is 0. The molecule has 0 fully saturated rings. The fraction of sp³-hybridized carbons (Fsp3) is 0.226. The Bertz CT molecular complexity index is 2550. The van der Waals surface area contributed by atoms with Gasteiger partial charge in [0, 0.05) is 0 Å². The van der Waals surface area contributed by atoms with Crippen LogP contribution in [0.3, 0.4) is 0 Å². The third kappa shape index (κ3) is 14.2. The van der Waals surface area contributed by atoms with Gasteiger partial charge in [0.1, 0.15) is 0 Å². The van der Waals surface area contributed by atoms with Crippen molar-refractivity contribution in [1.82, 2.24) is 0 Å². The van der Waals surface area contributed by atoms with Gasteiger partial charge >= 0.3 is 0 Å². The predicted octanol–water partition coefficient (Wildman–Crippen LogP) is 20.1. The second kappa shape index (κ2) is 26.2. The molecule has 0 amide bonds. The zero-order valence-electron chi connectivity index (χ0n) is 38.6. The SMILES string of the molecule is C.C=C(C)C(/C=C\C(C)C)=C\C=C/C.CC.CCC.CCC.c1ccc2cc(-c3ccc4cc(-c5ccc6cc(-c7ccc8ccccc8c7)ccc6c5)ccc4c3)ccc2c1. The summed E-state index contributed by atoms with van der Waals surface area (Å²) in [5, 5.41) is 10.1. The number of hydrogen-bond donors (Lipinski definition) is 0. The molecule has 0 aliphatic rings. The topological polar surface area (TPSA) is 0 Å². The van der Waals surface area contributed by atoms with Gasteiger partial charge in [0.25, 0.3) is 0 Å². The molecular formula is C62H72.